The van der Waals surface area contributed by atoms with E-state index < -0.39 is 5.82 Å². The summed E-state index contributed by atoms with van der Waals surface area (Å²) in [7, 11) is 0. The van der Waals surface area contributed by atoms with Gasteiger partial charge in [0.15, 0.2) is 11.6 Å². The number of benzene rings is 2. The lowest BCUT2D eigenvalue weighted by molar-refractivity contribution is -0.121. The second-order valence-electron chi connectivity index (χ2n) is 5.76. The maximum atomic E-state index is 13.4. The standard InChI is InChI=1S/C20H20FN3O2/c21-18-8-4-5-9-19(18)26-13-11-20(25)22-12-10-16-14-23-24(15-16)17-6-2-1-3-7-17/h1-9,14-15H,10-13H2,(H,22,25). The van der Waals surface area contributed by atoms with E-state index in [1.807, 2.05) is 36.5 Å². The van der Waals surface area contributed by atoms with Gasteiger partial charge in [-0.1, -0.05) is 30.3 Å². The number of amides is 1. The summed E-state index contributed by atoms with van der Waals surface area (Å²) in [4.78, 5) is 11.8. The molecule has 3 aromatic rings. The number of rotatable bonds is 8. The van der Waals surface area contributed by atoms with Gasteiger partial charge in [-0.05, 0) is 36.2 Å². The van der Waals surface area contributed by atoms with Crippen molar-refractivity contribution in [1.29, 1.82) is 0 Å². The number of carbonyl (C=O) groups excluding carboxylic acids is 1. The predicted molar refractivity (Wildman–Crippen MR) is 96.8 cm³/mol. The molecule has 0 radical (unpaired) electrons. The van der Waals surface area contributed by atoms with Crippen molar-refractivity contribution < 1.29 is 13.9 Å². The monoisotopic (exact) mass is 353 g/mol. The number of hydrogen-bond donors (Lipinski definition) is 1. The largest absolute Gasteiger partial charge is 0.490 e. The molecule has 1 N–H and O–H groups in total. The van der Waals surface area contributed by atoms with Crippen LogP contribution in [0, 0.1) is 5.82 Å². The molecule has 0 unspecified atom stereocenters. The number of para-hydroxylation sites is 2. The molecule has 0 saturated heterocycles. The molecule has 6 heteroatoms. The molecule has 1 amide bonds. The minimum Gasteiger partial charge on any atom is -0.490 e. The van der Waals surface area contributed by atoms with E-state index in [-0.39, 0.29) is 24.7 Å². The van der Waals surface area contributed by atoms with Crippen LogP contribution in [0.5, 0.6) is 5.75 Å². The zero-order valence-corrected chi connectivity index (χ0v) is 14.3. The number of carbonyl (C=O) groups is 1. The van der Waals surface area contributed by atoms with Crippen LogP contribution in [-0.2, 0) is 11.2 Å². The zero-order valence-electron chi connectivity index (χ0n) is 14.3. The van der Waals surface area contributed by atoms with E-state index in [4.69, 9.17) is 4.74 Å². The Kier molecular flexibility index (Phi) is 5.98. The highest BCUT2D eigenvalue weighted by Gasteiger charge is 2.06. The van der Waals surface area contributed by atoms with Gasteiger partial charge in [0.2, 0.25) is 5.91 Å². The predicted octanol–water partition coefficient (Wildman–Crippen LogP) is 3.14. The van der Waals surface area contributed by atoms with Crippen LogP contribution in [0.1, 0.15) is 12.0 Å². The number of nitrogens with zero attached hydrogens (tertiary/aromatic N) is 2. The summed E-state index contributed by atoms with van der Waals surface area (Å²) in [6.07, 6.45) is 4.60. The minimum absolute atomic E-state index is 0.128. The Labute approximate surface area is 151 Å². The first-order valence-corrected chi connectivity index (χ1v) is 8.45. The summed E-state index contributed by atoms with van der Waals surface area (Å²) in [6, 6.07) is 16.0. The highest BCUT2D eigenvalue weighted by atomic mass is 19.1. The molecular weight excluding hydrogens is 333 g/mol. The fourth-order valence-corrected chi connectivity index (χ4v) is 2.46. The zero-order chi connectivity index (χ0) is 18.2. The van der Waals surface area contributed by atoms with Crippen molar-refractivity contribution in [3.05, 3.63) is 78.4 Å². The minimum atomic E-state index is -0.427. The van der Waals surface area contributed by atoms with E-state index in [1.165, 1.54) is 12.1 Å². The van der Waals surface area contributed by atoms with Crippen LogP contribution in [0.25, 0.3) is 5.69 Å². The van der Waals surface area contributed by atoms with Crippen molar-refractivity contribution in [2.24, 2.45) is 0 Å². The SMILES string of the molecule is O=C(CCOc1ccccc1F)NCCc1cnn(-c2ccccc2)c1. The third-order valence-corrected chi connectivity index (χ3v) is 3.82. The first-order valence-electron chi connectivity index (χ1n) is 8.45. The first kappa shape index (κ1) is 17.7. The Morgan fingerprint density at radius 3 is 2.69 bits per heavy atom. The summed E-state index contributed by atoms with van der Waals surface area (Å²) in [5, 5.41) is 7.16. The molecule has 1 aromatic heterocycles. The van der Waals surface area contributed by atoms with Crippen LogP contribution in [0.4, 0.5) is 4.39 Å². The highest BCUT2D eigenvalue weighted by Crippen LogP contribution is 2.15. The highest BCUT2D eigenvalue weighted by molar-refractivity contribution is 5.75. The van der Waals surface area contributed by atoms with E-state index >= 15 is 0 Å². The molecule has 2 aromatic carbocycles. The molecule has 0 saturated carbocycles. The van der Waals surface area contributed by atoms with Gasteiger partial charge in [-0.15, -0.1) is 0 Å². The van der Waals surface area contributed by atoms with Crippen LogP contribution in [0.3, 0.4) is 0 Å². The lowest BCUT2D eigenvalue weighted by atomic mass is 10.2. The quantitative estimate of drug-likeness (QED) is 0.677. The van der Waals surface area contributed by atoms with Crippen molar-refractivity contribution in [3.8, 4) is 11.4 Å². The Morgan fingerprint density at radius 1 is 1.12 bits per heavy atom. The van der Waals surface area contributed by atoms with E-state index in [9.17, 15) is 9.18 Å². The third kappa shape index (κ3) is 4.92. The lowest BCUT2D eigenvalue weighted by Gasteiger charge is -2.07. The first-order chi connectivity index (χ1) is 12.7. The van der Waals surface area contributed by atoms with Gasteiger partial charge in [-0.2, -0.15) is 5.10 Å². The normalized spacial score (nSPS) is 10.5. The van der Waals surface area contributed by atoms with E-state index in [1.54, 1.807) is 23.0 Å². The maximum Gasteiger partial charge on any atom is 0.223 e. The van der Waals surface area contributed by atoms with Crippen LogP contribution >= 0.6 is 0 Å². The smallest absolute Gasteiger partial charge is 0.223 e. The fourth-order valence-electron chi connectivity index (χ4n) is 2.46. The molecular formula is C20H20FN3O2. The average Bonchev–Trinajstić information content (AvgIpc) is 3.13. The Hall–Kier alpha value is -3.15. The van der Waals surface area contributed by atoms with E-state index in [2.05, 4.69) is 10.4 Å². The summed E-state index contributed by atoms with van der Waals surface area (Å²) >= 11 is 0. The van der Waals surface area contributed by atoms with Gasteiger partial charge in [-0.3, -0.25) is 4.79 Å². The molecule has 5 nitrogen and oxygen atoms in total. The maximum absolute atomic E-state index is 13.4. The lowest BCUT2D eigenvalue weighted by Crippen LogP contribution is -2.27. The second-order valence-corrected chi connectivity index (χ2v) is 5.76. The molecule has 0 aliphatic rings. The second kappa shape index (κ2) is 8.80. The van der Waals surface area contributed by atoms with Crippen molar-refractivity contribution in [1.82, 2.24) is 15.1 Å². The molecule has 0 aliphatic carbocycles. The summed E-state index contributed by atoms with van der Waals surface area (Å²) in [5.41, 5.74) is 2.03. The Morgan fingerprint density at radius 2 is 1.88 bits per heavy atom. The number of ether oxygens (including phenoxy) is 1. The van der Waals surface area contributed by atoms with Gasteiger partial charge >= 0.3 is 0 Å². The molecule has 0 atom stereocenters. The van der Waals surface area contributed by atoms with Gasteiger partial charge in [0.1, 0.15) is 0 Å². The third-order valence-electron chi connectivity index (χ3n) is 3.82. The fraction of sp³-hybridized carbons (Fsp3) is 0.200. The van der Waals surface area contributed by atoms with Crippen LogP contribution < -0.4 is 10.1 Å². The molecule has 0 fully saturated rings. The van der Waals surface area contributed by atoms with Crippen molar-refractivity contribution in [2.75, 3.05) is 13.2 Å². The molecule has 134 valence electrons. The molecule has 0 aliphatic heterocycles. The van der Waals surface area contributed by atoms with E-state index in [0.29, 0.717) is 13.0 Å². The topological polar surface area (TPSA) is 56.1 Å². The van der Waals surface area contributed by atoms with Gasteiger partial charge in [0.25, 0.3) is 0 Å². The summed E-state index contributed by atoms with van der Waals surface area (Å²) in [5.74, 6) is -0.395. The Bertz CT molecular complexity index is 849. The van der Waals surface area contributed by atoms with Crippen LogP contribution in [0.15, 0.2) is 67.0 Å². The molecule has 0 bridgehead atoms. The van der Waals surface area contributed by atoms with Crippen molar-refractivity contribution >= 4 is 5.91 Å². The van der Waals surface area contributed by atoms with Gasteiger partial charge in [0, 0.05) is 12.7 Å². The van der Waals surface area contributed by atoms with Crippen molar-refractivity contribution in [3.63, 3.8) is 0 Å². The number of hydrogen-bond acceptors (Lipinski definition) is 3. The summed E-state index contributed by atoms with van der Waals surface area (Å²) in [6.45, 7) is 0.651. The van der Waals surface area contributed by atoms with Gasteiger partial charge in [-0.25, -0.2) is 9.07 Å². The molecule has 3 rings (SSSR count). The molecule has 0 spiro atoms. The van der Waals surface area contributed by atoms with Crippen molar-refractivity contribution in [2.45, 2.75) is 12.8 Å². The number of halogens is 1. The van der Waals surface area contributed by atoms with Gasteiger partial charge < -0.3 is 10.1 Å². The average molecular weight is 353 g/mol. The van der Waals surface area contributed by atoms with Crippen LogP contribution in [-0.4, -0.2) is 28.8 Å². The number of nitrogens with one attached hydrogen (secondary N) is 1. The molecule has 26 heavy (non-hydrogen) atoms. The van der Waals surface area contributed by atoms with Gasteiger partial charge in [0.05, 0.1) is 24.9 Å². The Balaban J connectivity index is 1.38. The summed E-state index contributed by atoms with van der Waals surface area (Å²) < 4.78 is 20.5. The molecule has 1 heterocycles. The number of aromatic nitrogens is 2. The van der Waals surface area contributed by atoms with E-state index in [0.717, 1.165) is 11.3 Å². The van der Waals surface area contributed by atoms with Crippen LogP contribution in [0.2, 0.25) is 0 Å².